The van der Waals surface area contributed by atoms with Gasteiger partial charge in [0.25, 0.3) is 0 Å². The predicted octanol–water partition coefficient (Wildman–Crippen LogP) is 8.93. The molecular formula is C34H62N4O4. The van der Waals surface area contributed by atoms with E-state index in [1.165, 1.54) is 89.9 Å². The minimum atomic E-state index is -0.473. The van der Waals surface area contributed by atoms with E-state index < -0.39 is 12.2 Å². The van der Waals surface area contributed by atoms with Gasteiger partial charge in [-0.3, -0.25) is 10.6 Å². The number of rotatable bonds is 26. The highest BCUT2D eigenvalue weighted by Crippen LogP contribution is 2.14. The summed E-state index contributed by atoms with van der Waals surface area (Å²) in [7, 11) is 0. The lowest BCUT2D eigenvalue weighted by atomic mass is 10.1. The van der Waals surface area contributed by atoms with Crippen LogP contribution in [-0.2, 0) is 9.47 Å². The number of hydrogen-bond donors (Lipinski definition) is 2. The number of carbonyl (C=O) groups excluding carboxylic acids is 2. The van der Waals surface area contributed by atoms with Crippen LogP contribution >= 0.6 is 0 Å². The summed E-state index contributed by atoms with van der Waals surface area (Å²) in [5.41, 5.74) is 1.22. The first-order valence-electron chi connectivity index (χ1n) is 16.9. The molecule has 0 unspecified atom stereocenters. The first-order chi connectivity index (χ1) is 20.5. The highest BCUT2D eigenvalue weighted by Gasteiger charge is 2.09. The minimum Gasteiger partial charge on any atom is -0.448 e. The van der Waals surface area contributed by atoms with Gasteiger partial charge < -0.3 is 19.3 Å². The molecule has 0 atom stereocenters. The van der Waals surface area contributed by atoms with E-state index in [0.29, 0.717) is 24.6 Å². The van der Waals surface area contributed by atoms with Crippen LogP contribution in [0, 0.1) is 0 Å². The maximum Gasteiger partial charge on any atom is 0.411 e. The van der Waals surface area contributed by atoms with Crippen LogP contribution < -0.4 is 10.6 Å². The van der Waals surface area contributed by atoms with E-state index in [-0.39, 0.29) is 0 Å². The molecule has 1 rings (SSSR count). The van der Waals surface area contributed by atoms with Gasteiger partial charge in [0.2, 0.25) is 0 Å². The van der Waals surface area contributed by atoms with Gasteiger partial charge in [-0.05, 0) is 63.3 Å². The second-order valence-electron chi connectivity index (χ2n) is 11.2. The Morgan fingerprint density at radius 2 is 0.857 bits per heavy atom. The molecule has 8 nitrogen and oxygen atoms in total. The van der Waals surface area contributed by atoms with E-state index in [4.69, 9.17) is 9.47 Å². The maximum atomic E-state index is 12.2. The highest BCUT2D eigenvalue weighted by atomic mass is 16.6. The zero-order valence-electron chi connectivity index (χ0n) is 27.4. The SMILES string of the molecule is CCCCCCCCCN(CC)CCOC(=O)Nc1ccc(NC(=O)OCCN(CC)CCCCCCCCC)cc1. The number of ether oxygens (including phenoxy) is 2. The second-order valence-corrected chi connectivity index (χ2v) is 11.2. The van der Waals surface area contributed by atoms with Crippen molar-refractivity contribution in [1.29, 1.82) is 0 Å². The summed E-state index contributed by atoms with van der Waals surface area (Å²) >= 11 is 0. The molecule has 0 saturated carbocycles. The van der Waals surface area contributed by atoms with Gasteiger partial charge in [-0.2, -0.15) is 0 Å². The Morgan fingerprint density at radius 3 is 1.19 bits per heavy atom. The third-order valence-electron chi connectivity index (χ3n) is 7.71. The first kappa shape index (κ1) is 37.7. The molecule has 0 bridgehead atoms. The molecule has 2 N–H and O–H groups in total. The average molecular weight is 591 g/mol. The molecule has 2 amide bonds. The molecular weight excluding hydrogens is 528 g/mol. The largest absolute Gasteiger partial charge is 0.448 e. The number of nitrogens with zero attached hydrogens (tertiary/aromatic N) is 2. The van der Waals surface area contributed by atoms with Crippen molar-refractivity contribution in [3.05, 3.63) is 24.3 Å². The smallest absolute Gasteiger partial charge is 0.411 e. The van der Waals surface area contributed by atoms with E-state index in [2.05, 4.69) is 48.1 Å². The second kappa shape index (κ2) is 26.3. The first-order valence-corrected chi connectivity index (χ1v) is 16.9. The number of anilines is 2. The van der Waals surface area contributed by atoms with Crippen LogP contribution in [0.4, 0.5) is 21.0 Å². The molecule has 0 aliphatic heterocycles. The Bertz CT molecular complexity index is 725. The number of amides is 2. The van der Waals surface area contributed by atoms with Crippen molar-refractivity contribution in [3.8, 4) is 0 Å². The Balaban J connectivity index is 2.19. The van der Waals surface area contributed by atoms with E-state index in [1.54, 1.807) is 24.3 Å². The quantitative estimate of drug-likeness (QED) is 0.105. The van der Waals surface area contributed by atoms with Gasteiger partial charge in [0.1, 0.15) is 13.2 Å². The van der Waals surface area contributed by atoms with Gasteiger partial charge in [-0.25, -0.2) is 9.59 Å². The molecule has 1 aromatic carbocycles. The zero-order chi connectivity index (χ0) is 30.7. The molecule has 0 radical (unpaired) electrons. The molecule has 242 valence electrons. The van der Waals surface area contributed by atoms with Crippen molar-refractivity contribution in [3.63, 3.8) is 0 Å². The summed E-state index contributed by atoms with van der Waals surface area (Å²) in [5.74, 6) is 0. The fourth-order valence-corrected chi connectivity index (χ4v) is 4.92. The van der Waals surface area contributed by atoms with Gasteiger partial charge >= 0.3 is 12.2 Å². The molecule has 0 spiro atoms. The summed E-state index contributed by atoms with van der Waals surface area (Å²) < 4.78 is 10.8. The standard InChI is InChI=1S/C34H62N4O4/c1-5-9-11-13-15-17-19-25-37(7-3)27-29-41-33(39)35-31-21-23-32(24-22-31)36-34(40)42-30-28-38(8-4)26-20-18-16-14-12-10-6-2/h21-24H,5-20,25-30H2,1-4H3,(H,35,39)(H,36,40). The monoisotopic (exact) mass is 590 g/mol. The lowest BCUT2D eigenvalue weighted by Gasteiger charge is -2.20. The van der Waals surface area contributed by atoms with Crippen LogP contribution in [0.5, 0.6) is 0 Å². The van der Waals surface area contributed by atoms with Gasteiger partial charge in [0, 0.05) is 24.5 Å². The van der Waals surface area contributed by atoms with Gasteiger partial charge in [-0.15, -0.1) is 0 Å². The number of carbonyl (C=O) groups is 2. The molecule has 42 heavy (non-hydrogen) atoms. The van der Waals surface area contributed by atoms with Gasteiger partial charge in [-0.1, -0.05) is 105 Å². The summed E-state index contributed by atoms with van der Waals surface area (Å²) in [6.07, 6.45) is 17.2. The molecule has 8 heteroatoms. The van der Waals surface area contributed by atoms with Crippen LogP contribution in [0.15, 0.2) is 24.3 Å². The Morgan fingerprint density at radius 1 is 0.524 bits per heavy atom. The molecule has 0 aliphatic rings. The van der Waals surface area contributed by atoms with Crippen molar-refractivity contribution in [1.82, 2.24) is 9.80 Å². The number of unbranched alkanes of at least 4 members (excludes halogenated alkanes) is 12. The molecule has 1 aromatic rings. The fraction of sp³-hybridized carbons (Fsp3) is 0.765. The van der Waals surface area contributed by atoms with E-state index in [1.807, 2.05) is 0 Å². The van der Waals surface area contributed by atoms with Crippen molar-refractivity contribution in [2.45, 2.75) is 118 Å². The van der Waals surface area contributed by atoms with Crippen LogP contribution in [0.25, 0.3) is 0 Å². The molecule has 0 heterocycles. The van der Waals surface area contributed by atoms with E-state index in [9.17, 15) is 9.59 Å². The Labute approximate surface area is 257 Å². The van der Waals surface area contributed by atoms with Gasteiger partial charge in [0.15, 0.2) is 0 Å². The van der Waals surface area contributed by atoms with Crippen LogP contribution in [-0.4, -0.2) is 74.5 Å². The molecule has 0 saturated heterocycles. The van der Waals surface area contributed by atoms with Crippen LogP contribution in [0.3, 0.4) is 0 Å². The van der Waals surface area contributed by atoms with Crippen molar-refractivity contribution in [2.24, 2.45) is 0 Å². The summed E-state index contributed by atoms with van der Waals surface area (Å²) in [6.45, 7) is 15.0. The topological polar surface area (TPSA) is 83.1 Å². The summed E-state index contributed by atoms with van der Waals surface area (Å²) in [6, 6.07) is 6.93. The number of hydrogen-bond acceptors (Lipinski definition) is 6. The molecule has 0 aliphatic carbocycles. The molecule has 0 aromatic heterocycles. The third-order valence-corrected chi connectivity index (χ3v) is 7.71. The summed E-state index contributed by atoms with van der Waals surface area (Å²) in [4.78, 5) is 29.1. The molecule has 0 fully saturated rings. The summed E-state index contributed by atoms with van der Waals surface area (Å²) in [5, 5.41) is 5.50. The lowest BCUT2D eigenvalue weighted by Crippen LogP contribution is -2.30. The average Bonchev–Trinajstić information content (AvgIpc) is 2.99. The van der Waals surface area contributed by atoms with Crippen molar-refractivity contribution >= 4 is 23.6 Å². The number of nitrogens with one attached hydrogen (secondary N) is 2. The van der Waals surface area contributed by atoms with Crippen LogP contribution in [0.1, 0.15) is 118 Å². The van der Waals surface area contributed by atoms with Gasteiger partial charge in [0.05, 0.1) is 0 Å². The fourth-order valence-electron chi connectivity index (χ4n) is 4.92. The third kappa shape index (κ3) is 20.5. The predicted molar refractivity (Wildman–Crippen MR) is 177 cm³/mol. The zero-order valence-corrected chi connectivity index (χ0v) is 27.4. The number of likely N-dealkylation sites (N-methyl/N-ethyl adjacent to an activating group) is 2. The lowest BCUT2D eigenvalue weighted by molar-refractivity contribution is 0.139. The van der Waals surface area contributed by atoms with E-state index >= 15 is 0 Å². The Hall–Kier alpha value is -2.32. The Kier molecular flexibility index (Phi) is 23.6. The maximum absolute atomic E-state index is 12.2. The minimum absolute atomic E-state index is 0.357. The number of benzene rings is 1. The van der Waals surface area contributed by atoms with Crippen molar-refractivity contribution < 1.29 is 19.1 Å². The van der Waals surface area contributed by atoms with E-state index in [0.717, 1.165) is 39.3 Å². The van der Waals surface area contributed by atoms with Crippen molar-refractivity contribution in [2.75, 3.05) is 63.1 Å². The highest BCUT2D eigenvalue weighted by molar-refractivity contribution is 5.87. The van der Waals surface area contributed by atoms with Crippen LogP contribution in [0.2, 0.25) is 0 Å². The normalized spacial score (nSPS) is 11.2.